The molecular formula is C20H27N5O2. The van der Waals surface area contributed by atoms with Gasteiger partial charge in [-0.3, -0.25) is 4.57 Å². The van der Waals surface area contributed by atoms with E-state index in [-0.39, 0.29) is 17.6 Å². The van der Waals surface area contributed by atoms with Gasteiger partial charge in [0.25, 0.3) is 0 Å². The summed E-state index contributed by atoms with van der Waals surface area (Å²) in [5.74, 6) is 1.14. The van der Waals surface area contributed by atoms with Gasteiger partial charge in [-0.15, -0.1) is 0 Å². The molecule has 144 valence electrons. The fourth-order valence-electron chi connectivity index (χ4n) is 4.04. The first-order valence-electron chi connectivity index (χ1n) is 9.72. The number of piperidine rings is 1. The third-order valence-corrected chi connectivity index (χ3v) is 5.51. The number of aryl methyl sites for hydroxylation is 3. The van der Waals surface area contributed by atoms with Crippen LogP contribution in [-0.4, -0.2) is 38.4 Å². The van der Waals surface area contributed by atoms with Crippen molar-refractivity contribution < 1.29 is 4.79 Å². The zero-order chi connectivity index (χ0) is 19.1. The van der Waals surface area contributed by atoms with Crippen LogP contribution in [0.25, 0.3) is 0 Å². The molecule has 0 spiro atoms. The van der Waals surface area contributed by atoms with E-state index in [4.69, 9.17) is 0 Å². The van der Waals surface area contributed by atoms with Crippen molar-refractivity contribution in [3.63, 3.8) is 0 Å². The molecule has 7 nitrogen and oxygen atoms in total. The van der Waals surface area contributed by atoms with Gasteiger partial charge in [0.05, 0.1) is 0 Å². The number of carbonyl (C=O) groups is 1. The highest BCUT2D eigenvalue weighted by molar-refractivity contribution is 5.89. The van der Waals surface area contributed by atoms with Crippen LogP contribution in [-0.2, 0) is 7.05 Å². The second-order valence-electron chi connectivity index (χ2n) is 7.93. The van der Waals surface area contributed by atoms with Crippen molar-refractivity contribution in [1.82, 2.24) is 19.2 Å². The highest BCUT2D eigenvalue weighted by Crippen LogP contribution is 2.37. The van der Waals surface area contributed by atoms with E-state index >= 15 is 0 Å². The maximum absolute atomic E-state index is 12.6. The largest absolute Gasteiger partial charge is 0.345 e. The number of nitrogens with zero attached hydrogens (tertiary/aromatic N) is 4. The van der Waals surface area contributed by atoms with Gasteiger partial charge in [0, 0.05) is 37.8 Å². The highest BCUT2D eigenvalue weighted by Gasteiger charge is 2.34. The SMILES string of the molecule is Cc1cc(C)cc(NC(=O)N2CCC(c3nn(C)c(=O)n3C3CC3)CC2)c1. The number of rotatable bonds is 3. The molecule has 0 unspecified atom stereocenters. The average molecular weight is 369 g/mol. The number of amides is 2. The van der Waals surface area contributed by atoms with Gasteiger partial charge in [0.1, 0.15) is 5.82 Å². The molecule has 1 saturated heterocycles. The number of urea groups is 1. The van der Waals surface area contributed by atoms with Crippen LogP contribution in [0.3, 0.4) is 0 Å². The first-order chi connectivity index (χ1) is 12.9. The van der Waals surface area contributed by atoms with Crippen LogP contribution in [0.5, 0.6) is 0 Å². The summed E-state index contributed by atoms with van der Waals surface area (Å²) in [6.07, 6.45) is 3.80. The van der Waals surface area contributed by atoms with Gasteiger partial charge in [-0.25, -0.2) is 14.3 Å². The van der Waals surface area contributed by atoms with Crippen molar-refractivity contribution in [1.29, 1.82) is 0 Å². The smallest absolute Gasteiger partial charge is 0.324 e. The lowest BCUT2D eigenvalue weighted by Crippen LogP contribution is -2.41. The molecule has 4 rings (SSSR count). The summed E-state index contributed by atoms with van der Waals surface area (Å²) in [5.41, 5.74) is 3.10. The van der Waals surface area contributed by atoms with Crippen molar-refractivity contribution in [3.05, 3.63) is 45.6 Å². The average Bonchev–Trinajstić information content (AvgIpc) is 3.40. The number of anilines is 1. The minimum atomic E-state index is -0.0564. The Kier molecular flexibility index (Phi) is 4.53. The molecule has 1 aliphatic heterocycles. The Morgan fingerprint density at radius 1 is 1.07 bits per heavy atom. The minimum absolute atomic E-state index is 0.0116. The predicted octanol–water partition coefficient (Wildman–Crippen LogP) is 2.95. The monoisotopic (exact) mass is 369 g/mol. The van der Waals surface area contributed by atoms with Crippen molar-refractivity contribution in [2.75, 3.05) is 18.4 Å². The number of carbonyl (C=O) groups excluding carboxylic acids is 1. The quantitative estimate of drug-likeness (QED) is 0.904. The van der Waals surface area contributed by atoms with Gasteiger partial charge >= 0.3 is 11.7 Å². The number of hydrogen-bond acceptors (Lipinski definition) is 3. The van der Waals surface area contributed by atoms with E-state index in [9.17, 15) is 9.59 Å². The molecule has 27 heavy (non-hydrogen) atoms. The molecule has 0 bridgehead atoms. The van der Waals surface area contributed by atoms with Crippen LogP contribution in [0.4, 0.5) is 10.5 Å². The van der Waals surface area contributed by atoms with Crippen LogP contribution >= 0.6 is 0 Å². The standard InChI is InChI=1S/C20H27N5O2/c1-13-10-14(2)12-16(11-13)21-19(26)24-8-6-15(7-9-24)18-22-23(3)20(27)25(18)17-4-5-17/h10-12,15,17H,4-9H2,1-3H3,(H,21,26). The highest BCUT2D eigenvalue weighted by atomic mass is 16.2. The van der Waals surface area contributed by atoms with Gasteiger partial charge in [0.2, 0.25) is 0 Å². The molecule has 0 atom stereocenters. The third kappa shape index (κ3) is 3.63. The molecule has 2 fully saturated rings. The third-order valence-electron chi connectivity index (χ3n) is 5.51. The lowest BCUT2D eigenvalue weighted by molar-refractivity contribution is 0.192. The Morgan fingerprint density at radius 3 is 2.30 bits per heavy atom. The molecule has 1 saturated carbocycles. The van der Waals surface area contributed by atoms with Gasteiger partial charge in [-0.1, -0.05) is 6.07 Å². The summed E-state index contributed by atoms with van der Waals surface area (Å²) < 4.78 is 3.34. The lowest BCUT2D eigenvalue weighted by atomic mass is 9.96. The fourth-order valence-corrected chi connectivity index (χ4v) is 4.04. The topological polar surface area (TPSA) is 72.2 Å². The van der Waals surface area contributed by atoms with E-state index in [0.29, 0.717) is 19.1 Å². The van der Waals surface area contributed by atoms with Crippen molar-refractivity contribution >= 4 is 11.7 Å². The van der Waals surface area contributed by atoms with E-state index in [0.717, 1.165) is 48.3 Å². The summed E-state index contributed by atoms with van der Waals surface area (Å²) in [5, 5.41) is 7.51. The Morgan fingerprint density at radius 2 is 1.70 bits per heavy atom. The van der Waals surface area contributed by atoms with E-state index in [2.05, 4.69) is 16.5 Å². The number of benzene rings is 1. The fraction of sp³-hybridized carbons (Fsp3) is 0.550. The van der Waals surface area contributed by atoms with Crippen molar-refractivity contribution in [2.24, 2.45) is 7.05 Å². The maximum Gasteiger partial charge on any atom is 0.345 e. The number of hydrogen-bond donors (Lipinski definition) is 1. The van der Waals surface area contributed by atoms with Crippen LogP contribution in [0.1, 0.15) is 54.6 Å². The zero-order valence-electron chi connectivity index (χ0n) is 16.2. The molecule has 1 aromatic heterocycles. The molecule has 2 aromatic rings. The second kappa shape index (κ2) is 6.87. The number of likely N-dealkylation sites (tertiary alicyclic amines) is 1. The van der Waals surface area contributed by atoms with Gasteiger partial charge in [0.15, 0.2) is 0 Å². The second-order valence-corrected chi connectivity index (χ2v) is 7.93. The van der Waals surface area contributed by atoms with Crippen LogP contribution in [0.15, 0.2) is 23.0 Å². The van der Waals surface area contributed by atoms with E-state index in [1.165, 1.54) is 4.68 Å². The Hall–Kier alpha value is -2.57. The molecule has 7 heteroatoms. The van der Waals surface area contributed by atoms with E-state index in [1.807, 2.05) is 35.4 Å². The summed E-state index contributed by atoms with van der Waals surface area (Å²) in [7, 11) is 1.72. The van der Waals surface area contributed by atoms with Gasteiger partial charge in [-0.05, 0) is 62.8 Å². The van der Waals surface area contributed by atoms with Gasteiger partial charge < -0.3 is 10.2 Å². The molecule has 1 aromatic carbocycles. The van der Waals surface area contributed by atoms with Crippen LogP contribution in [0, 0.1) is 13.8 Å². The van der Waals surface area contributed by atoms with Gasteiger partial charge in [-0.2, -0.15) is 5.10 Å². The number of aromatic nitrogens is 3. The van der Waals surface area contributed by atoms with Crippen LogP contribution < -0.4 is 11.0 Å². The molecule has 2 aliphatic rings. The zero-order valence-corrected chi connectivity index (χ0v) is 16.2. The molecule has 0 radical (unpaired) electrons. The lowest BCUT2D eigenvalue weighted by Gasteiger charge is -2.31. The van der Waals surface area contributed by atoms with Crippen molar-refractivity contribution in [2.45, 2.75) is 51.5 Å². The minimum Gasteiger partial charge on any atom is -0.324 e. The summed E-state index contributed by atoms with van der Waals surface area (Å²) in [4.78, 5) is 26.8. The summed E-state index contributed by atoms with van der Waals surface area (Å²) >= 11 is 0. The first kappa shape index (κ1) is 17.8. The van der Waals surface area contributed by atoms with Crippen LogP contribution in [0.2, 0.25) is 0 Å². The van der Waals surface area contributed by atoms with E-state index in [1.54, 1.807) is 7.05 Å². The molecule has 2 amide bonds. The Balaban J connectivity index is 1.41. The molecule has 1 N–H and O–H groups in total. The normalized spacial score (nSPS) is 18.0. The summed E-state index contributed by atoms with van der Waals surface area (Å²) in [6, 6.07) is 6.33. The Bertz CT molecular complexity index is 897. The first-order valence-corrected chi connectivity index (χ1v) is 9.72. The summed E-state index contributed by atoms with van der Waals surface area (Å²) in [6.45, 7) is 5.41. The van der Waals surface area contributed by atoms with E-state index < -0.39 is 0 Å². The number of nitrogens with one attached hydrogen (secondary N) is 1. The molecular weight excluding hydrogens is 342 g/mol. The van der Waals surface area contributed by atoms with Crippen molar-refractivity contribution in [3.8, 4) is 0 Å². The predicted molar refractivity (Wildman–Crippen MR) is 104 cm³/mol. The molecule has 2 heterocycles. The molecule has 1 aliphatic carbocycles. The Labute approximate surface area is 159 Å². The maximum atomic E-state index is 12.6.